The van der Waals surface area contributed by atoms with E-state index in [1.54, 1.807) is 0 Å². The molecule has 0 saturated carbocycles. The van der Waals surface area contributed by atoms with Gasteiger partial charge in [-0.2, -0.15) is 0 Å². The quantitative estimate of drug-likeness (QED) is 0.886. The maximum atomic E-state index is 12.4. The average molecular weight is 274 g/mol. The van der Waals surface area contributed by atoms with Crippen LogP contribution in [-0.2, 0) is 16.0 Å². The summed E-state index contributed by atoms with van der Waals surface area (Å²) in [5.41, 5.74) is 2.47. The van der Waals surface area contributed by atoms with Crippen LogP contribution in [0.25, 0.3) is 0 Å². The minimum Gasteiger partial charge on any atom is -0.383 e. The first-order valence-corrected chi connectivity index (χ1v) is 7.51. The third-order valence-electron chi connectivity index (χ3n) is 4.32. The highest BCUT2D eigenvalue weighted by atomic mass is 16.5. The molecule has 2 aliphatic rings. The number of anilines is 1. The zero-order valence-electron chi connectivity index (χ0n) is 11.9. The Kier molecular flexibility index (Phi) is 3.92. The lowest BCUT2D eigenvalue weighted by atomic mass is 9.96. The summed E-state index contributed by atoms with van der Waals surface area (Å²) in [6.45, 7) is 3.59. The van der Waals surface area contributed by atoms with Gasteiger partial charge in [0.15, 0.2) is 0 Å². The Morgan fingerprint density at radius 2 is 2.30 bits per heavy atom. The van der Waals surface area contributed by atoms with Crippen molar-refractivity contribution in [1.82, 2.24) is 5.32 Å². The first-order chi connectivity index (χ1) is 9.78. The van der Waals surface area contributed by atoms with E-state index in [1.165, 1.54) is 11.3 Å². The van der Waals surface area contributed by atoms with E-state index in [1.807, 2.05) is 12.1 Å². The van der Waals surface area contributed by atoms with Gasteiger partial charge < -0.3 is 15.4 Å². The lowest BCUT2D eigenvalue weighted by Gasteiger charge is -2.28. The third-order valence-corrected chi connectivity index (χ3v) is 4.32. The minimum atomic E-state index is 0.0252. The van der Waals surface area contributed by atoms with Crippen LogP contribution >= 0.6 is 0 Å². The highest BCUT2D eigenvalue weighted by Crippen LogP contribution is 2.25. The second-order valence-electron chi connectivity index (χ2n) is 5.66. The van der Waals surface area contributed by atoms with Gasteiger partial charge in [-0.05, 0) is 30.9 Å². The highest BCUT2D eigenvalue weighted by Gasteiger charge is 2.34. The number of carbonyl (C=O) groups excluding carboxylic acids is 1. The van der Waals surface area contributed by atoms with Crippen molar-refractivity contribution in [2.75, 3.05) is 18.5 Å². The van der Waals surface area contributed by atoms with Crippen molar-refractivity contribution in [3.63, 3.8) is 0 Å². The summed E-state index contributed by atoms with van der Waals surface area (Å²) in [4.78, 5) is 12.4. The van der Waals surface area contributed by atoms with E-state index < -0.39 is 0 Å². The molecule has 0 aliphatic carbocycles. The number of hydrogen-bond donors (Lipinski definition) is 2. The van der Waals surface area contributed by atoms with Gasteiger partial charge in [0, 0.05) is 18.8 Å². The van der Waals surface area contributed by atoms with Gasteiger partial charge in [-0.15, -0.1) is 0 Å². The fourth-order valence-electron chi connectivity index (χ4n) is 3.20. The summed E-state index contributed by atoms with van der Waals surface area (Å²) in [6.07, 6.45) is 2.75. The van der Waals surface area contributed by atoms with Gasteiger partial charge in [0.05, 0.1) is 18.1 Å². The SMILES string of the molecule is CCC1OCCC1C(=O)NC1CNc2ccccc2C1. The van der Waals surface area contributed by atoms with Gasteiger partial charge in [-0.25, -0.2) is 0 Å². The van der Waals surface area contributed by atoms with E-state index in [0.29, 0.717) is 6.61 Å². The highest BCUT2D eigenvalue weighted by molar-refractivity contribution is 5.80. The molecule has 4 heteroatoms. The molecule has 1 aromatic rings. The van der Waals surface area contributed by atoms with Crippen molar-refractivity contribution in [3.8, 4) is 0 Å². The molecule has 0 bridgehead atoms. The molecule has 108 valence electrons. The molecular formula is C16H22N2O2. The normalized spacial score (nSPS) is 28.6. The molecule has 2 heterocycles. The van der Waals surface area contributed by atoms with Gasteiger partial charge in [0.1, 0.15) is 0 Å². The Morgan fingerprint density at radius 3 is 3.15 bits per heavy atom. The predicted octanol–water partition coefficient (Wildman–Crippen LogP) is 1.95. The lowest BCUT2D eigenvalue weighted by molar-refractivity contribution is -0.127. The Balaban J connectivity index is 1.60. The van der Waals surface area contributed by atoms with E-state index in [0.717, 1.165) is 25.8 Å². The molecule has 1 saturated heterocycles. The molecule has 3 unspecified atom stereocenters. The molecule has 2 aliphatic heterocycles. The van der Waals surface area contributed by atoms with Crippen LogP contribution in [0, 0.1) is 5.92 Å². The molecule has 0 aromatic heterocycles. The monoisotopic (exact) mass is 274 g/mol. The first-order valence-electron chi connectivity index (χ1n) is 7.51. The number of para-hydroxylation sites is 1. The van der Waals surface area contributed by atoms with E-state index in [9.17, 15) is 4.79 Å². The summed E-state index contributed by atoms with van der Waals surface area (Å²) < 4.78 is 5.60. The fourth-order valence-corrected chi connectivity index (χ4v) is 3.20. The fraction of sp³-hybridized carbons (Fsp3) is 0.562. The van der Waals surface area contributed by atoms with Crippen LogP contribution in [0.15, 0.2) is 24.3 Å². The standard InChI is InChI=1S/C16H22N2O2/c1-2-15-13(7-8-20-15)16(19)18-12-9-11-5-3-4-6-14(11)17-10-12/h3-6,12-13,15,17H,2,7-10H2,1H3,(H,18,19). The number of fused-ring (bicyclic) bond motifs is 1. The first kappa shape index (κ1) is 13.4. The topological polar surface area (TPSA) is 50.4 Å². The van der Waals surface area contributed by atoms with E-state index in [4.69, 9.17) is 4.74 Å². The van der Waals surface area contributed by atoms with Crippen LogP contribution in [0.2, 0.25) is 0 Å². The van der Waals surface area contributed by atoms with Crippen LogP contribution in [0.4, 0.5) is 5.69 Å². The molecule has 4 nitrogen and oxygen atoms in total. The zero-order valence-corrected chi connectivity index (χ0v) is 11.9. The summed E-state index contributed by atoms with van der Waals surface area (Å²) in [6, 6.07) is 8.46. The zero-order chi connectivity index (χ0) is 13.9. The third kappa shape index (κ3) is 2.66. The summed E-state index contributed by atoms with van der Waals surface area (Å²) in [5, 5.41) is 6.57. The van der Waals surface area contributed by atoms with Crippen LogP contribution in [0.5, 0.6) is 0 Å². The Morgan fingerprint density at radius 1 is 1.45 bits per heavy atom. The van der Waals surface area contributed by atoms with E-state index in [-0.39, 0.29) is 24.0 Å². The number of carbonyl (C=O) groups is 1. The number of amides is 1. The molecule has 3 rings (SSSR count). The van der Waals surface area contributed by atoms with Gasteiger partial charge in [-0.3, -0.25) is 4.79 Å². The summed E-state index contributed by atoms with van der Waals surface area (Å²) in [7, 11) is 0. The van der Waals surface area contributed by atoms with Crippen molar-refractivity contribution in [3.05, 3.63) is 29.8 Å². The van der Waals surface area contributed by atoms with Crippen molar-refractivity contribution < 1.29 is 9.53 Å². The number of nitrogens with one attached hydrogen (secondary N) is 2. The maximum Gasteiger partial charge on any atom is 0.226 e. The van der Waals surface area contributed by atoms with Crippen LogP contribution in [-0.4, -0.2) is 31.2 Å². The molecule has 0 spiro atoms. The van der Waals surface area contributed by atoms with Crippen LogP contribution in [0.1, 0.15) is 25.3 Å². The second kappa shape index (κ2) is 5.83. The maximum absolute atomic E-state index is 12.4. The Labute approximate surface area is 119 Å². The minimum absolute atomic E-state index is 0.0252. The Hall–Kier alpha value is -1.55. The number of rotatable bonds is 3. The van der Waals surface area contributed by atoms with Crippen LogP contribution < -0.4 is 10.6 Å². The molecule has 0 radical (unpaired) electrons. The molecule has 20 heavy (non-hydrogen) atoms. The number of benzene rings is 1. The number of ether oxygens (including phenoxy) is 1. The second-order valence-corrected chi connectivity index (χ2v) is 5.66. The van der Waals surface area contributed by atoms with Crippen molar-refractivity contribution in [2.24, 2.45) is 5.92 Å². The van der Waals surface area contributed by atoms with Crippen LogP contribution in [0.3, 0.4) is 0 Å². The van der Waals surface area contributed by atoms with Crippen molar-refractivity contribution in [2.45, 2.75) is 38.3 Å². The smallest absolute Gasteiger partial charge is 0.226 e. The lowest BCUT2D eigenvalue weighted by Crippen LogP contribution is -2.47. The van der Waals surface area contributed by atoms with E-state index in [2.05, 4.69) is 29.7 Å². The molecule has 1 amide bonds. The van der Waals surface area contributed by atoms with E-state index >= 15 is 0 Å². The van der Waals surface area contributed by atoms with Gasteiger partial charge in [0.2, 0.25) is 5.91 Å². The van der Waals surface area contributed by atoms with Crippen molar-refractivity contribution >= 4 is 11.6 Å². The van der Waals surface area contributed by atoms with Gasteiger partial charge in [-0.1, -0.05) is 25.1 Å². The molecular weight excluding hydrogens is 252 g/mol. The van der Waals surface area contributed by atoms with Crippen molar-refractivity contribution in [1.29, 1.82) is 0 Å². The average Bonchev–Trinajstić information content (AvgIpc) is 2.95. The van der Waals surface area contributed by atoms with Gasteiger partial charge >= 0.3 is 0 Å². The predicted molar refractivity (Wildman–Crippen MR) is 78.7 cm³/mol. The Bertz CT molecular complexity index is 489. The molecule has 2 N–H and O–H groups in total. The molecule has 3 atom stereocenters. The molecule has 1 fully saturated rings. The number of hydrogen-bond acceptors (Lipinski definition) is 3. The van der Waals surface area contributed by atoms with Gasteiger partial charge in [0.25, 0.3) is 0 Å². The summed E-state index contributed by atoms with van der Waals surface area (Å²) in [5.74, 6) is 0.178. The molecule has 1 aromatic carbocycles. The largest absolute Gasteiger partial charge is 0.383 e. The summed E-state index contributed by atoms with van der Waals surface area (Å²) >= 11 is 0.